The number of nitrogens with zero attached hydrogens (tertiary/aromatic N) is 1. The number of aromatic nitrogens is 1. The zero-order valence-corrected chi connectivity index (χ0v) is 11.7. The highest BCUT2D eigenvalue weighted by molar-refractivity contribution is 7.91. The third-order valence-corrected chi connectivity index (χ3v) is 5.62. The minimum Gasteiger partial charge on any atom is -0.380 e. The van der Waals surface area contributed by atoms with Gasteiger partial charge in [-0.1, -0.05) is 11.3 Å². The Labute approximate surface area is 104 Å². The maximum absolute atomic E-state index is 12.1. The molecule has 8 heteroatoms. The van der Waals surface area contributed by atoms with Crippen molar-refractivity contribution >= 4 is 21.4 Å². The van der Waals surface area contributed by atoms with Gasteiger partial charge in [0.25, 0.3) is 10.0 Å². The number of likely N-dealkylation sites (N-methyl/N-ethyl adjacent to an activating group) is 1. The van der Waals surface area contributed by atoms with Crippen molar-refractivity contribution in [3.8, 4) is 0 Å². The number of nitrogens with one attached hydrogen (secondary N) is 1. The Kier molecular flexibility index (Phi) is 4.87. The second-order valence-electron chi connectivity index (χ2n) is 3.45. The standard InChI is InChI=1S/C9H16N2O4S2/c1-4-15-6-5-11(3)17(13,14)8-7(2)10-9(12)16-8/h4-6H2,1-3H3,(H,10,12). The number of ether oxygens (including phenoxy) is 1. The lowest BCUT2D eigenvalue weighted by atomic mass is 10.6. The first-order valence-corrected chi connectivity index (χ1v) is 7.39. The van der Waals surface area contributed by atoms with Gasteiger partial charge in [-0.25, -0.2) is 8.42 Å². The van der Waals surface area contributed by atoms with Gasteiger partial charge in [0.1, 0.15) is 0 Å². The molecule has 0 aliphatic rings. The zero-order chi connectivity index (χ0) is 13.1. The van der Waals surface area contributed by atoms with Gasteiger partial charge < -0.3 is 9.72 Å². The number of rotatable bonds is 6. The summed E-state index contributed by atoms with van der Waals surface area (Å²) < 4.78 is 30.5. The minimum absolute atomic E-state index is 0.0708. The Morgan fingerprint density at radius 3 is 2.59 bits per heavy atom. The van der Waals surface area contributed by atoms with Gasteiger partial charge in [-0.3, -0.25) is 4.79 Å². The average molecular weight is 280 g/mol. The molecule has 0 spiro atoms. The first-order chi connectivity index (χ1) is 7.89. The quantitative estimate of drug-likeness (QED) is 0.765. The number of aryl methyl sites for hydroxylation is 1. The molecule has 0 saturated heterocycles. The molecule has 1 heterocycles. The van der Waals surface area contributed by atoms with Gasteiger partial charge in [0.15, 0.2) is 4.21 Å². The zero-order valence-electron chi connectivity index (χ0n) is 10.0. The van der Waals surface area contributed by atoms with Crippen molar-refractivity contribution < 1.29 is 13.2 Å². The molecule has 0 fully saturated rings. The highest BCUT2D eigenvalue weighted by Crippen LogP contribution is 2.19. The van der Waals surface area contributed by atoms with Gasteiger partial charge in [-0.05, 0) is 13.8 Å². The van der Waals surface area contributed by atoms with E-state index in [1.807, 2.05) is 6.92 Å². The van der Waals surface area contributed by atoms with Gasteiger partial charge in [0.05, 0.1) is 6.61 Å². The molecule has 0 bridgehead atoms. The van der Waals surface area contributed by atoms with E-state index in [1.165, 1.54) is 11.4 Å². The lowest BCUT2D eigenvalue weighted by Crippen LogP contribution is -2.30. The van der Waals surface area contributed by atoms with E-state index in [-0.39, 0.29) is 15.6 Å². The largest absolute Gasteiger partial charge is 0.380 e. The van der Waals surface area contributed by atoms with Crippen LogP contribution in [0.3, 0.4) is 0 Å². The van der Waals surface area contributed by atoms with Crippen molar-refractivity contribution in [1.82, 2.24) is 9.29 Å². The molecule has 0 aromatic carbocycles. The summed E-state index contributed by atoms with van der Waals surface area (Å²) in [5.41, 5.74) is 0.378. The maximum atomic E-state index is 12.1. The van der Waals surface area contributed by atoms with Crippen molar-refractivity contribution in [3.05, 3.63) is 15.4 Å². The Hall–Kier alpha value is -0.700. The Morgan fingerprint density at radius 1 is 1.47 bits per heavy atom. The first-order valence-electron chi connectivity index (χ1n) is 5.13. The second-order valence-corrected chi connectivity index (χ2v) is 6.67. The van der Waals surface area contributed by atoms with Crippen LogP contribution in [0.25, 0.3) is 0 Å². The van der Waals surface area contributed by atoms with Crippen LogP contribution in [0.15, 0.2) is 9.00 Å². The molecule has 0 radical (unpaired) electrons. The molecule has 1 aromatic heterocycles. The van der Waals surface area contributed by atoms with Crippen molar-refractivity contribution in [2.45, 2.75) is 18.1 Å². The van der Waals surface area contributed by atoms with Crippen LogP contribution in [0.1, 0.15) is 12.6 Å². The smallest absolute Gasteiger partial charge is 0.305 e. The summed E-state index contributed by atoms with van der Waals surface area (Å²) in [6.07, 6.45) is 0. The molecule has 0 unspecified atom stereocenters. The second kappa shape index (κ2) is 5.76. The normalized spacial score (nSPS) is 12.2. The van der Waals surface area contributed by atoms with E-state index >= 15 is 0 Å². The van der Waals surface area contributed by atoms with Gasteiger partial charge in [0, 0.05) is 25.9 Å². The highest BCUT2D eigenvalue weighted by Gasteiger charge is 2.25. The number of thiazole rings is 1. The van der Waals surface area contributed by atoms with E-state index in [0.717, 1.165) is 0 Å². The van der Waals surface area contributed by atoms with E-state index in [2.05, 4.69) is 4.98 Å². The van der Waals surface area contributed by atoms with Crippen LogP contribution in [-0.4, -0.2) is 44.5 Å². The predicted molar refractivity (Wildman–Crippen MR) is 66.0 cm³/mol. The highest BCUT2D eigenvalue weighted by atomic mass is 32.2. The molecule has 1 aromatic rings. The summed E-state index contributed by atoms with van der Waals surface area (Å²) in [5, 5.41) is 0. The number of sulfonamides is 1. The summed E-state index contributed by atoms with van der Waals surface area (Å²) in [7, 11) is -2.12. The van der Waals surface area contributed by atoms with Crippen LogP contribution in [0.2, 0.25) is 0 Å². The fraction of sp³-hybridized carbons (Fsp3) is 0.667. The SMILES string of the molecule is CCOCCN(C)S(=O)(=O)c1sc(=O)[nH]c1C. The van der Waals surface area contributed by atoms with E-state index in [0.29, 0.717) is 30.2 Å². The van der Waals surface area contributed by atoms with Crippen molar-refractivity contribution in [2.75, 3.05) is 26.8 Å². The van der Waals surface area contributed by atoms with E-state index in [1.54, 1.807) is 6.92 Å². The molecule has 0 aliphatic carbocycles. The van der Waals surface area contributed by atoms with Crippen LogP contribution >= 0.6 is 11.3 Å². The Bertz CT molecular complexity index is 517. The lowest BCUT2D eigenvalue weighted by molar-refractivity contribution is 0.138. The van der Waals surface area contributed by atoms with Crippen molar-refractivity contribution in [3.63, 3.8) is 0 Å². The summed E-state index contributed by atoms with van der Waals surface area (Å²) in [6, 6.07) is 0. The number of H-pyrrole nitrogens is 1. The number of hydrogen-bond donors (Lipinski definition) is 1. The Balaban J connectivity index is 2.88. The van der Waals surface area contributed by atoms with Crippen LogP contribution in [-0.2, 0) is 14.8 Å². The van der Waals surface area contributed by atoms with Gasteiger partial charge in [0.2, 0.25) is 0 Å². The van der Waals surface area contributed by atoms with Crippen LogP contribution in [0, 0.1) is 6.92 Å². The van der Waals surface area contributed by atoms with Crippen molar-refractivity contribution in [1.29, 1.82) is 0 Å². The summed E-state index contributed by atoms with van der Waals surface area (Å²) in [4.78, 5) is 13.2. The first kappa shape index (κ1) is 14.4. The molecule has 6 nitrogen and oxygen atoms in total. The third kappa shape index (κ3) is 3.38. The summed E-state index contributed by atoms with van der Waals surface area (Å²) in [5.74, 6) is 0. The molecule has 0 saturated carbocycles. The van der Waals surface area contributed by atoms with Gasteiger partial charge in [-0.2, -0.15) is 4.31 Å². The lowest BCUT2D eigenvalue weighted by Gasteiger charge is -2.15. The molecule has 1 rings (SSSR count). The molecule has 0 atom stereocenters. The topological polar surface area (TPSA) is 79.5 Å². The molecule has 0 aliphatic heterocycles. The Morgan fingerprint density at radius 2 is 2.12 bits per heavy atom. The van der Waals surface area contributed by atoms with Crippen LogP contribution in [0.4, 0.5) is 0 Å². The van der Waals surface area contributed by atoms with Crippen molar-refractivity contribution in [2.24, 2.45) is 0 Å². The molecule has 17 heavy (non-hydrogen) atoms. The average Bonchev–Trinajstić information content (AvgIpc) is 2.58. The van der Waals surface area contributed by atoms with E-state index in [4.69, 9.17) is 4.74 Å². The van der Waals surface area contributed by atoms with Crippen LogP contribution in [0.5, 0.6) is 0 Å². The monoisotopic (exact) mass is 280 g/mol. The summed E-state index contributed by atoms with van der Waals surface area (Å²) in [6.45, 7) is 4.56. The third-order valence-electron chi connectivity index (χ3n) is 2.18. The van der Waals surface area contributed by atoms with Gasteiger partial charge >= 0.3 is 4.87 Å². The van der Waals surface area contributed by atoms with Gasteiger partial charge in [-0.15, -0.1) is 0 Å². The fourth-order valence-electron chi connectivity index (χ4n) is 1.24. The van der Waals surface area contributed by atoms with E-state index < -0.39 is 10.0 Å². The number of hydrogen-bond acceptors (Lipinski definition) is 5. The summed E-state index contributed by atoms with van der Waals surface area (Å²) >= 11 is 0.707. The molecule has 98 valence electrons. The fourth-order valence-corrected chi connectivity index (χ4v) is 3.88. The minimum atomic E-state index is -3.59. The number of aromatic amines is 1. The van der Waals surface area contributed by atoms with Crippen LogP contribution < -0.4 is 4.87 Å². The maximum Gasteiger partial charge on any atom is 0.305 e. The molecule has 1 N–H and O–H groups in total. The van der Waals surface area contributed by atoms with E-state index in [9.17, 15) is 13.2 Å². The molecular formula is C9H16N2O4S2. The molecule has 0 amide bonds. The molecular weight excluding hydrogens is 264 g/mol. The predicted octanol–water partition coefficient (Wildman–Crippen LogP) is 0.402.